The number of imide groups is 1. The minimum atomic E-state index is -1.08. The van der Waals surface area contributed by atoms with Gasteiger partial charge in [0.25, 0.3) is 0 Å². The molecule has 3 N–H and O–H groups in total. The summed E-state index contributed by atoms with van der Waals surface area (Å²) in [6, 6.07) is -0.647. The molecule has 1 aromatic heterocycles. The summed E-state index contributed by atoms with van der Waals surface area (Å²) < 4.78 is 1.66. The van der Waals surface area contributed by atoms with Crippen molar-refractivity contribution in [1.82, 2.24) is 20.4 Å². The molecule has 0 aromatic carbocycles. The van der Waals surface area contributed by atoms with E-state index in [9.17, 15) is 14.4 Å². The molecule has 1 aromatic rings. The third-order valence-corrected chi connectivity index (χ3v) is 2.58. The van der Waals surface area contributed by atoms with Crippen LogP contribution in [0.15, 0.2) is 6.20 Å². The van der Waals surface area contributed by atoms with Crippen molar-refractivity contribution >= 4 is 17.9 Å². The highest BCUT2D eigenvalue weighted by atomic mass is 16.4. The quantitative estimate of drug-likeness (QED) is 0.688. The van der Waals surface area contributed by atoms with Gasteiger partial charge >= 0.3 is 12.0 Å². The van der Waals surface area contributed by atoms with Crippen molar-refractivity contribution in [2.75, 3.05) is 0 Å². The Balaban J connectivity index is 2.39. The van der Waals surface area contributed by atoms with E-state index in [1.54, 1.807) is 17.9 Å². The molecule has 1 heterocycles. The lowest BCUT2D eigenvalue weighted by Crippen LogP contribution is -2.39. The topological polar surface area (TPSA) is 113 Å². The second-order valence-electron chi connectivity index (χ2n) is 4.25. The van der Waals surface area contributed by atoms with E-state index >= 15 is 0 Å². The Morgan fingerprint density at radius 1 is 1.35 bits per heavy atom. The Morgan fingerprint density at radius 2 is 2.05 bits per heavy atom. The van der Waals surface area contributed by atoms with Gasteiger partial charge in [-0.15, -0.1) is 0 Å². The fourth-order valence-electron chi connectivity index (χ4n) is 1.66. The van der Waals surface area contributed by atoms with Gasteiger partial charge in [0.05, 0.1) is 12.1 Å². The van der Waals surface area contributed by atoms with Gasteiger partial charge in [0.15, 0.2) is 0 Å². The third-order valence-electron chi connectivity index (χ3n) is 2.58. The molecule has 20 heavy (non-hydrogen) atoms. The first-order valence-electron chi connectivity index (χ1n) is 6.23. The van der Waals surface area contributed by atoms with E-state index < -0.39 is 17.9 Å². The Morgan fingerprint density at radius 3 is 2.65 bits per heavy atom. The van der Waals surface area contributed by atoms with Crippen LogP contribution in [0, 0.1) is 0 Å². The summed E-state index contributed by atoms with van der Waals surface area (Å²) in [6.07, 6.45) is 2.01. The molecule has 0 saturated heterocycles. The molecule has 1 rings (SSSR count). The monoisotopic (exact) mass is 282 g/mol. The Hall–Kier alpha value is -2.38. The molecule has 8 heteroatoms. The SMILES string of the molecule is CCc1nn(C)cc1CNC(=O)NC(=O)CCC(=O)O. The van der Waals surface area contributed by atoms with Gasteiger partial charge in [-0.05, 0) is 6.42 Å². The van der Waals surface area contributed by atoms with Gasteiger partial charge < -0.3 is 10.4 Å². The van der Waals surface area contributed by atoms with Gasteiger partial charge in [0.2, 0.25) is 5.91 Å². The van der Waals surface area contributed by atoms with Crippen LogP contribution in [0.25, 0.3) is 0 Å². The highest BCUT2D eigenvalue weighted by molar-refractivity contribution is 5.95. The minimum Gasteiger partial charge on any atom is -0.481 e. The number of aryl methyl sites for hydroxylation is 2. The zero-order valence-corrected chi connectivity index (χ0v) is 11.5. The van der Waals surface area contributed by atoms with Crippen molar-refractivity contribution < 1.29 is 19.5 Å². The number of carboxylic acid groups (broad SMARTS) is 1. The van der Waals surface area contributed by atoms with E-state index in [4.69, 9.17) is 5.11 Å². The number of carbonyl (C=O) groups excluding carboxylic acids is 2. The standard InChI is InChI=1S/C12H18N4O4/c1-3-9-8(7-16(2)15-9)6-13-12(20)14-10(17)4-5-11(18)19/h7H,3-6H2,1-2H3,(H,18,19)(H2,13,14,17,20). The second-order valence-corrected chi connectivity index (χ2v) is 4.25. The number of carboxylic acids is 1. The molecule has 0 atom stereocenters. The predicted molar refractivity (Wildman–Crippen MR) is 69.8 cm³/mol. The summed E-state index contributed by atoms with van der Waals surface area (Å²) in [5.74, 6) is -1.70. The van der Waals surface area contributed by atoms with Crippen LogP contribution in [0.4, 0.5) is 4.79 Å². The number of urea groups is 1. The summed E-state index contributed by atoms with van der Waals surface area (Å²) in [6.45, 7) is 2.22. The molecule has 0 fully saturated rings. The molecule has 0 unspecified atom stereocenters. The molecule has 0 spiro atoms. The van der Waals surface area contributed by atoms with Crippen LogP contribution in [0.5, 0.6) is 0 Å². The van der Waals surface area contributed by atoms with Gasteiger partial charge in [0.1, 0.15) is 0 Å². The molecule has 3 amide bonds. The molecule has 0 radical (unpaired) electrons. The molecule has 0 aliphatic carbocycles. The first-order valence-corrected chi connectivity index (χ1v) is 6.23. The summed E-state index contributed by atoms with van der Waals surface area (Å²) in [5, 5.41) is 17.3. The summed E-state index contributed by atoms with van der Waals surface area (Å²) in [5.41, 5.74) is 1.76. The van der Waals surface area contributed by atoms with Gasteiger partial charge in [-0.2, -0.15) is 5.10 Å². The lowest BCUT2D eigenvalue weighted by molar-refractivity contribution is -0.138. The number of aliphatic carboxylic acids is 1. The van der Waals surface area contributed by atoms with E-state index in [1.807, 2.05) is 6.92 Å². The van der Waals surface area contributed by atoms with E-state index in [0.29, 0.717) is 0 Å². The first-order chi connectivity index (χ1) is 9.42. The zero-order valence-electron chi connectivity index (χ0n) is 11.5. The number of rotatable bonds is 6. The second kappa shape index (κ2) is 7.27. The molecule has 0 aliphatic rings. The Bertz CT molecular complexity index is 510. The number of amides is 3. The maximum absolute atomic E-state index is 11.5. The van der Waals surface area contributed by atoms with E-state index in [1.165, 1.54) is 0 Å². The molecule has 0 aliphatic heterocycles. The van der Waals surface area contributed by atoms with Crippen LogP contribution < -0.4 is 10.6 Å². The fraction of sp³-hybridized carbons (Fsp3) is 0.500. The van der Waals surface area contributed by atoms with Crippen LogP contribution >= 0.6 is 0 Å². The van der Waals surface area contributed by atoms with Crippen molar-refractivity contribution in [3.05, 3.63) is 17.5 Å². The van der Waals surface area contributed by atoms with Crippen molar-refractivity contribution in [3.8, 4) is 0 Å². The molecular formula is C12H18N4O4. The van der Waals surface area contributed by atoms with Crippen molar-refractivity contribution in [2.45, 2.75) is 32.7 Å². The van der Waals surface area contributed by atoms with Crippen LogP contribution in [0.1, 0.15) is 31.0 Å². The minimum absolute atomic E-state index is 0.226. The van der Waals surface area contributed by atoms with Crippen LogP contribution in [0.2, 0.25) is 0 Å². The molecule has 0 saturated carbocycles. The van der Waals surface area contributed by atoms with Gasteiger partial charge in [0, 0.05) is 31.8 Å². The first kappa shape index (κ1) is 15.7. The summed E-state index contributed by atoms with van der Waals surface area (Å²) in [7, 11) is 1.79. The number of aromatic nitrogens is 2. The average Bonchev–Trinajstić information content (AvgIpc) is 2.74. The predicted octanol–water partition coefficient (Wildman–Crippen LogP) is 0.173. The zero-order chi connectivity index (χ0) is 15.1. The van der Waals surface area contributed by atoms with Gasteiger partial charge in [-0.3, -0.25) is 19.6 Å². The van der Waals surface area contributed by atoms with Gasteiger partial charge in [-0.25, -0.2) is 4.79 Å². The van der Waals surface area contributed by atoms with Crippen LogP contribution in [-0.2, 0) is 29.6 Å². The summed E-state index contributed by atoms with van der Waals surface area (Å²) in [4.78, 5) is 33.0. The molecule has 110 valence electrons. The number of nitrogens with zero attached hydrogens (tertiary/aromatic N) is 2. The molecular weight excluding hydrogens is 264 g/mol. The van der Waals surface area contributed by atoms with Crippen LogP contribution in [-0.4, -0.2) is 32.8 Å². The van der Waals surface area contributed by atoms with Crippen molar-refractivity contribution in [3.63, 3.8) is 0 Å². The third kappa shape index (κ3) is 5.09. The Kier molecular flexibility index (Phi) is 5.70. The average molecular weight is 282 g/mol. The van der Waals surface area contributed by atoms with E-state index in [2.05, 4.69) is 15.7 Å². The van der Waals surface area contributed by atoms with Gasteiger partial charge in [-0.1, -0.05) is 6.92 Å². The number of carbonyl (C=O) groups is 3. The highest BCUT2D eigenvalue weighted by Gasteiger charge is 2.11. The van der Waals surface area contributed by atoms with Crippen LogP contribution in [0.3, 0.4) is 0 Å². The Labute approximate surface area is 116 Å². The number of hydrogen-bond acceptors (Lipinski definition) is 4. The van der Waals surface area contributed by atoms with Crippen molar-refractivity contribution in [1.29, 1.82) is 0 Å². The fourth-order valence-corrected chi connectivity index (χ4v) is 1.66. The maximum atomic E-state index is 11.5. The van der Waals surface area contributed by atoms with Crippen molar-refractivity contribution in [2.24, 2.45) is 7.05 Å². The number of nitrogens with one attached hydrogen (secondary N) is 2. The maximum Gasteiger partial charge on any atom is 0.321 e. The molecule has 8 nitrogen and oxygen atoms in total. The molecule has 0 bridgehead atoms. The van der Waals surface area contributed by atoms with E-state index in [-0.39, 0.29) is 19.4 Å². The summed E-state index contributed by atoms with van der Waals surface area (Å²) >= 11 is 0. The normalized spacial score (nSPS) is 10.1. The lowest BCUT2D eigenvalue weighted by Gasteiger charge is -2.05. The lowest BCUT2D eigenvalue weighted by atomic mass is 10.2. The smallest absolute Gasteiger partial charge is 0.321 e. The number of hydrogen-bond donors (Lipinski definition) is 3. The van der Waals surface area contributed by atoms with E-state index in [0.717, 1.165) is 17.7 Å². The highest BCUT2D eigenvalue weighted by Crippen LogP contribution is 2.06. The largest absolute Gasteiger partial charge is 0.481 e.